The number of rotatable bonds is 5. The summed E-state index contributed by atoms with van der Waals surface area (Å²) >= 11 is 0. The van der Waals surface area contributed by atoms with Crippen LogP contribution in [-0.4, -0.2) is 51.1 Å². The van der Waals surface area contributed by atoms with E-state index in [1.165, 1.54) is 12.1 Å². The number of carbonyl (C=O) groups is 3. The third-order valence-corrected chi connectivity index (χ3v) is 7.32. The SMILES string of the molecule is Cn1cc(-c2ccc3c(c2)CC[C@]3(C)OC(=O)N(C=O)CC(=O)N2CCCc3cc(F)ccc3C2)cn1. The Bertz CT molecular complexity index is 1370. The smallest absolute Gasteiger partial charge is 0.417 e. The molecule has 2 heterocycles. The number of hydrogen-bond donors (Lipinski definition) is 0. The normalized spacial score (nSPS) is 18.5. The average molecular weight is 505 g/mol. The molecule has 0 spiro atoms. The first-order valence-electron chi connectivity index (χ1n) is 12.4. The van der Waals surface area contributed by atoms with Crippen LogP contribution in [0.15, 0.2) is 48.8 Å². The minimum absolute atomic E-state index is 0.302. The molecule has 0 saturated carbocycles. The van der Waals surface area contributed by atoms with Gasteiger partial charge in [-0.05, 0) is 72.6 Å². The average Bonchev–Trinajstić information content (AvgIpc) is 3.37. The van der Waals surface area contributed by atoms with E-state index in [9.17, 15) is 18.8 Å². The highest BCUT2D eigenvalue weighted by atomic mass is 19.1. The maximum absolute atomic E-state index is 13.6. The lowest BCUT2D eigenvalue weighted by atomic mass is 9.96. The molecule has 37 heavy (non-hydrogen) atoms. The van der Waals surface area contributed by atoms with Crippen LogP contribution in [0.3, 0.4) is 0 Å². The number of fused-ring (bicyclic) bond motifs is 2. The Balaban J connectivity index is 1.26. The van der Waals surface area contributed by atoms with Crippen molar-refractivity contribution in [2.75, 3.05) is 13.1 Å². The molecule has 1 aromatic heterocycles. The summed E-state index contributed by atoms with van der Waals surface area (Å²) < 4.78 is 21.2. The second-order valence-electron chi connectivity index (χ2n) is 9.94. The molecule has 0 fully saturated rings. The maximum Gasteiger partial charge on any atom is 0.417 e. The number of nitrogens with zero attached hydrogens (tertiary/aromatic N) is 4. The summed E-state index contributed by atoms with van der Waals surface area (Å²) in [4.78, 5) is 40.2. The monoisotopic (exact) mass is 504 g/mol. The van der Waals surface area contributed by atoms with Gasteiger partial charge in [0.05, 0.1) is 6.20 Å². The van der Waals surface area contributed by atoms with Gasteiger partial charge in [-0.1, -0.05) is 24.3 Å². The van der Waals surface area contributed by atoms with Gasteiger partial charge in [0.1, 0.15) is 18.0 Å². The lowest BCUT2D eigenvalue weighted by Crippen LogP contribution is -2.44. The van der Waals surface area contributed by atoms with Gasteiger partial charge in [0.2, 0.25) is 12.3 Å². The van der Waals surface area contributed by atoms with Gasteiger partial charge in [0.15, 0.2) is 0 Å². The highest BCUT2D eigenvalue weighted by molar-refractivity contribution is 5.89. The second-order valence-corrected chi connectivity index (χ2v) is 9.94. The van der Waals surface area contributed by atoms with Crippen LogP contribution in [0.25, 0.3) is 11.1 Å². The van der Waals surface area contributed by atoms with Gasteiger partial charge >= 0.3 is 6.09 Å². The Hall–Kier alpha value is -4.01. The van der Waals surface area contributed by atoms with E-state index in [0.717, 1.165) is 44.7 Å². The fraction of sp³-hybridized carbons (Fsp3) is 0.357. The minimum Gasteiger partial charge on any atom is -0.438 e. The summed E-state index contributed by atoms with van der Waals surface area (Å²) in [6.45, 7) is 2.18. The molecule has 9 heteroatoms. The van der Waals surface area contributed by atoms with Gasteiger partial charge in [-0.2, -0.15) is 5.10 Å². The molecule has 1 aliphatic carbocycles. The first kappa shape index (κ1) is 24.7. The van der Waals surface area contributed by atoms with Crippen molar-refractivity contribution in [1.29, 1.82) is 0 Å². The zero-order chi connectivity index (χ0) is 26.2. The summed E-state index contributed by atoms with van der Waals surface area (Å²) in [7, 11) is 1.86. The minimum atomic E-state index is -0.907. The highest BCUT2D eigenvalue weighted by Gasteiger charge is 2.39. The van der Waals surface area contributed by atoms with E-state index in [-0.39, 0.29) is 11.7 Å². The van der Waals surface area contributed by atoms with Crippen molar-refractivity contribution in [2.45, 2.75) is 44.8 Å². The van der Waals surface area contributed by atoms with E-state index >= 15 is 0 Å². The van der Waals surface area contributed by atoms with Crippen molar-refractivity contribution in [3.8, 4) is 11.1 Å². The van der Waals surface area contributed by atoms with Crippen molar-refractivity contribution in [1.82, 2.24) is 19.6 Å². The predicted molar refractivity (Wildman–Crippen MR) is 134 cm³/mol. The molecule has 0 radical (unpaired) electrons. The molecule has 8 nitrogen and oxygen atoms in total. The van der Waals surface area contributed by atoms with Gasteiger partial charge in [0.25, 0.3) is 0 Å². The Morgan fingerprint density at radius 1 is 1.14 bits per heavy atom. The number of carbonyl (C=O) groups excluding carboxylic acids is 3. The summed E-state index contributed by atoms with van der Waals surface area (Å²) in [5, 5.41) is 4.22. The lowest BCUT2D eigenvalue weighted by molar-refractivity contribution is -0.136. The van der Waals surface area contributed by atoms with Gasteiger partial charge < -0.3 is 9.64 Å². The number of ether oxygens (including phenoxy) is 1. The summed E-state index contributed by atoms with van der Waals surface area (Å²) in [6, 6.07) is 10.6. The lowest BCUT2D eigenvalue weighted by Gasteiger charge is -2.29. The van der Waals surface area contributed by atoms with Crippen LogP contribution in [0, 0.1) is 5.82 Å². The largest absolute Gasteiger partial charge is 0.438 e. The molecule has 1 aliphatic heterocycles. The standard InChI is InChI=1S/C28H29FN4O4/c1-28(10-9-21-12-20(6-8-25(21)28)23-14-30-31(2)15-23)37-27(36)33(18-34)17-26(35)32-11-3-4-19-13-24(29)7-5-22(19)16-32/h5-8,12-15,18H,3-4,9-11,16-17H2,1-2H3/t28-/m0/s1. The van der Waals surface area contributed by atoms with Crippen LogP contribution in [0.4, 0.5) is 9.18 Å². The van der Waals surface area contributed by atoms with Crippen molar-refractivity contribution >= 4 is 18.4 Å². The number of hydrogen-bond acceptors (Lipinski definition) is 5. The van der Waals surface area contributed by atoms with E-state index in [4.69, 9.17) is 4.74 Å². The molecule has 2 aromatic carbocycles. The highest BCUT2D eigenvalue weighted by Crippen LogP contribution is 2.41. The fourth-order valence-corrected chi connectivity index (χ4v) is 5.26. The van der Waals surface area contributed by atoms with E-state index < -0.39 is 18.2 Å². The van der Waals surface area contributed by atoms with Crippen molar-refractivity contribution in [3.63, 3.8) is 0 Å². The summed E-state index contributed by atoms with van der Waals surface area (Å²) in [6.07, 6.45) is 5.86. The number of amides is 3. The quantitative estimate of drug-likeness (QED) is 0.491. The number of benzene rings is 2. The molecule has 0 unspecified atom stereocenters. The predicted octanol–water partition coefficient (Wildman–Crippen LogP) is 3.96. The summed E-state index contributed by atoms with van der Waals surface area (Å²) in [5.41, 5.74) is 4.84. The Kier molecular flexibility index (Phi) is 6.54. The Labute approximate surface area is 214 Å². The number of aromatic nitrogens is 2. The number of halogens is 1. The van der Waals surface area contributed by atoms with E-state index in [1.54, 1.807) is 21.8 Å². The molecule has 0 N–H and O–H groups in total. The topological polar surface area (TPSA) is 84.7 Å². The van der Waals surface area contributed by atoms with Gasteiger partial charge in [0, 0.05) is 31.9 Å². The van der Waals surface area contributed by atoms with E-state index in [2.05, 4.69) is 11.2 Å². The molecular formula is C28H29FN4O4. The third-order valence-electron chi connectivity index (χ3n) is 7.32. The molecule has 2 aliphatic rings. The van der Waals surface area contributed by atoms with Crippen molar-refractivity contribution < 1.29 is 23.5 Å². The van der Waals surface area contributed by atoms with Gasteiger partial charge in [-0.25, -0.2) is 14.1 Å². The van der Waals surface area contributed by atoms with Gasteiger partial charge in [-0.3, -0.25) is 14.3 Å². The number of aryl methyl sites for hydroxylation is 3. The summed E-state index contributed by atoms with van der Waals surface area (Å²) in [5.74, 6) is -0.664. The van der Waals surface area contributed by atoms with Crippen LogP contribution >= 0.6 is 0 Å². The van der Waals surface area contributed by atoms with Crippen molar-refractivity contribution in [3.05, 3.63) is 76.9 Å². The van der Waals surface area contributed by atoms with Crippen LogP contribution in [0.2, 0.25) is 0 Å². The van der Waals surface area contributed by atoms with Crippen LogP contribution < -0.4 is 0 Å². The molecule has 3 amide bonds. The number of imide groups is 1. The van der Waals surface area contributed by atoms with Crippen LogP contribution in [0.1, 0.15) is 42.0 Å². The molecule has 1 atom stereocenters. The zero-order valence-corrected chi connectivity index (χ0v) is 20.9. The first-order valence-corrected chi connectivity index (χ1v) is 12.4. The fourth-order valence-electron chi connectivity index (χ4n) is 5.26. The molecule has 3 aromatic rings. The van der Waals surface area contributed by atoms with Crippen LogP contribution in [0.5, 0.6) is 0 Å². The maximum atomic E-state index is 13.6. The first-order chi connectivity index (χ1) is 17.8. The molecule has 0 bridgehead atoms. The van der Waals surface area contributed by atoms with Gasteiger partial charge in [-0.15, -0.1) is 0 Å². The van der Waals surface area contributed by atoms with Crippen LogP contribution in [-0.2, 0) is 46.4 Å². The van der Waals surface area contributed by atoms with E-state index in [1.807, 2.05) is 32.3 Å². The molecular weight excluding hydrogens is 475 g/mol. The Morgan fingerprint density at radius 3 is 2.73 bits per heavy atom. The second kappa shape index (κ2) is 9.80. The Morgan fingerprint density at radius 2 is 1.97 bits per heavy atom. The third kappa shape index (κ3) is 4.98. The molecule has 192 valence electrons. The van der Waals surface area contributed by atoms with E-state index in [0.29, 0.717) is 38.8 Å². The van der Waals surface area contributed by atoms with Crippen molar-refractivity contribution in [2.24, 2.45) is 7.05 Å². The molecule has 5 rings (SSSR count). The zero-order valence-electron chi connectivity index (χ0n) is 20.9. The molecule has 0 saturated heterocycles.